The van der Waals surface area contributed by atoms with Gasteiger partial charge in [-0.1, -0.05) is 31.2 Å². The maximum absolute atomic E-state index is 11.9. The maximum atomic E-state index is 11.9. The number of carbonyl (C=O) groups excluding carboxylic acids is 1. The molecule has 3 rings (SSSR count). The average Bonchev–Trinajstić information content (AvgIpc) is 3.14. The molecule has 1 fully saturated rings. The molecule has 1 saturated carbocycles. The van der Waals surface area contributed by atoms with Crippen LogP contribution in [0.1, 0.15) is 37.3 Å². The molecule has 2 aliphatic carbocycles. The van der Waals surface area contributed by atoms with Crippen molar-refractivity contribution in [2.45, 2.75) is 38.2 Å². The van der Waals surface area contributed by atoms with Crippen LogP contribution in [0.2, 0.25) is 0 Å². The highest BCUT2D eigenvalue weighted by atomic mass is 16.3. The molecular weight excluding hydrogens is 238 g/mol. The fourth-order valence-electron chi connectivity index (χ4n) is 3.13. The van der Waals surface area contributed by atoms with Crippen molar-refractivity contribution in [2.24, 2.45) is 11.8 Å². The Morgan fingerprint density at radius 3 is 2.95 bits per heavy atom. The van der Waals surface area contributed by atoms with Gasteiger partial charge in [-0.2, -0.15) is 0 Å². The molecule has 3 heteroatoms. The van der Waals surface area contributed by atoms with Crippen molar-refractivity contribution in [2.75, 3.05) is 6.54 Å². The van der Waals surface area contributed by atoms with Crippen molar-refractivity contribution < 1.29 is 9.90 Å². The lowest BCUT2D eigenvalue weighted by atomic mass is 9.79. The molecule has 19 heavy (non-hydrogen) atoms. The average molecular weight is 259 g/mol. The second-order valence-corrected chi connectivity index (χ2v) is 6.08. The Labute approximate surface area is 114 Å². The topological polar surface area (TPSA) is 49.3 Å². The zero-order chi connectivity index (χ0) is 13.5. The number of nitrogens with one attached hydrogen (secondary N) is 1. The van der Waals surface area contributed by atoms with Gasteiger partial charge in [-0.05, 0) is 42.7 Å². The lowest BCUT2D eigenvalue weighted by molar-refractivity contribution is -0.124. The minimum Gasteiger partial charge on any atom is -0.383 e. The summed E-state index contributed by atoms with van der Waals surface area (Å²) >= 11 is 0. The van der Waals surface area contributed by atoms with E-state index < -0.39 is 5.60 Å². The molecular formula is C16H21NO2. The molecule has 0 spiro atoms. The third-order valence-corrected chi connectivity index (χ3v) is 4.56. The summed E-state index contributed by atoms with van der Waals surface area (Å²) in [4.78, 5) is 11.9. The van der Waals surface area contributed by atoms with Gasteiger partial charge in [0.1, 0.15) is 5.60 Å². The van der Waals surface area contributed by atoms with Crippen LogP contribution >= 0.6 is 0 Å². The molecule has 1 amide bonds. The zero-order valence-electron chi connectivity index (χ0n) is 11.4. The van der Waals surface area contributed by atoms with Gasteiger partial charge in [0.25, 0.3) is 0 Å². The summed E-state index contributed by atoms with van der Waals surface area (Å²) in [6, 6.07) is 8.03. The van der Waals surface area contributed by atoms with Crippen molar-refractivity contribution in [1.29, 1.82) is 0 Å². The molecule has 2 N–H and O–H groups in total. The molecule has 0 heterocycles. The van der Waals surface area contributed by atoms with Gasteiger partial charge in [0.05, 0.1) is 6.54 Å². The Bertz CT molecular complexity index is 499. The first-order valence-electron chi connectivity index (χ1n) is 7.19. The third kappa shape index (κ3) is 2.39. The fourth-order valence-corrected chi connectivity index (χ4v) is 3.13. The highest BCUT2D eigenvalue weighted by Crippen LogP contribution is 2.38. The Hall–Kier alpha value is -1.35. The Morgan fingerprint density at radius 2 is 2.21 bits per heavy atom. The monoisotopic (exact) mass is 259 g/mol. The largest absolute Gasteiger partial charge is 0.383 e. The molecule has 0 aromatic heterocycles. The Morgan fingerprint density at radius 1 is 1.47 bits per heavy atom. The van der Waals surface area contributed by atoms with E-state index in [1.54, 1.807) is 0 Å². The summed E-state index contributed by atoms with van der Waals surface area (Å²) in [5, 5.41) is 13.8. The van der Waals surface area contributed by atoms with Crippen LogP contribution < -0.4 is 5.32 Å². The van der Waals surface area contributed by atoms with Crippen molar-refractivity contribution in [3.05, 3.63) is 35.4 Å². The molecule has 1 aromatic rings. The van der Waals surface area contributed by atoms with Gasteiger partial charge in [0.2, 0.25) is 5.91 Å². The van der Waals surface area contributed by atoms with Crippen LogP contribution in [0.4, 0.5) is 0 Å². The minimum absolute atomic E-state index is 0.101. The van der Waals surface area contributed by atoms with Gasteiger partial charge in [-0.3, -0.25) is 4.79 Å². The van der Waals surface area contributed by atoms with Gasteiger partial charge in [-0.15, -0.1) is 0 Å². The first kappa shape index (κ1) is 12.7. The van der Waals surface area contributed by atoms with E-state index >= 15 is 0 Å². The molecule has 0 bridgehead atoms. The molecule has 0 aliphatic heterocycles. The quantitative estimate of drug-likeness (QED) is 0.872. The molecule has 3 unspecified atom stereocenters. The number of aryl methyl sites for hydroxylation is 1. The smallest absolute Gasteiger partial charge is 0.223 e. The highest BCUT2D eigenvalue weighted by molar-refractivity contribution is 5.81. The Kier molecular flexibility index (Phi) is 3.09. The summed E-state index contributed by atoms with van der Waals surface area (Å²) < 4.78 is 0. The second-order valence-electron chi connectivity index (χ2n) is 6.08. The summed E-state index contributed by atoms with van der Waals surface area (Å²) in [6.07, 6.45) is 3.71. The fraction of sp³-hybridized carbons (Fsp3) is 0.562. The van der Waals surface area contributed by atoms with Crippen LogP contribution in [0.3, 0.4) is 0 Å². The van der Waals surface area contributed by atoms with E-state index in [4.69, 9.17) is 0 Å². The maximum Gasteiger partial charge on any atom is 0.223 e. The summed E-state index contributed by atoms with van der Waals surface area (Å²) in [5.41, 5.74) is 1.32. The second kappa shape index (κ2) is 4.64. The van der Waals surface area contributed by atoms with Gasteiger partial charge in [0, 0.05) is 5.92 Å². The molecule has 1 aromatic carbocycles. The number of benzene rings is 1. The number of hydrogen-bond donors (Lipinski definition) is 2. The number of carbonyl (C=O) groups is 1. The normalized spacial score (nSPS) is 32.5. The van der Waals surface area contributed by atoms with Crippen molar-refractivity contribution >= 4 is 5.91 Å². The molecule has 102 valence electrons. The van der Waals surface area contributed by atoms with E-state index in [9.17, 15) is 9.90 Å². The number of hydrogen-bond acceptors (Lipinski definition) is 2. The number of amides is 1. The number of fused-ring (bicyclic) bond motifs is 1. The Balaban J connectivity index is 1.71. The lowest BCUT2D eigenvalue weighted by Crippen LogP contribution is -2.43. The van der Waals surface area contributed by atoms with E-state index in [0.717, 1.165) is 31.2 Å². The van der Waals surface area contributed by atoms with E-state index in [1.807, 2.05) is 18.2 Å². The third-order valence-electron chi connectivity index (χ3n) is 4.56. The van der Waals surface area contributed by atoms with Gasteiger partial charge < -0.3 is 10.4 Å². The molecule has 0 radical (unpaired) electrons. The molecule has 3 atom stereocenters. The zero-order valence-corrected chi connectivity index (χ0v) is 11.4. The van der Waals surface area contributed by atoms with Crippen LogP contribution in [-0.4, -0.2) is 17.6 Å². The number of rotatable bonds is 3. The molecule has 3 nitrogen and oxygen atoms in total. The number of aliphatic hydroxyl groups is 1. The van der Waals surface area contributed by atoms with Crippen molar-refractivity contribution in [3.63, 3.8) is 0 Å². The SMILES string of the molecule is CC1CC1C(=O)NCC1(O)CCCc2ccccc21. The van der Waals surface area contributed by atoms with Crippen LogP contribution in [0, 0.1) is 11.8 Å². The molecule has 0 saturated heterocycles. The van der Waals surface area contributed by atoms with Crippen LogP contribution in [0.5, 0.6) is 0 Å². The first-order chi connectivity index (χ1) is 9.10. The predicted molar refractivity (Wildman–Crippen MR) is 73.6 cm³/mol. The minimum atomic E-state index is -0.886. The van der Waals surface area contributed by atoms with E-state index in [0.29, 0.717) is 12.5 Å². The first-order valence-corrected chi connectivity index (χ1v) is 7.19. The van der Waals surface area contributed by atoms with E-state index in [2.05, 4.69) is 18.3 Å². The molecule has 2 aliphatic rings. The standard InChI is InChI=1S/C16H21NO2/c1-11-9-13(11)15(18)17-10-16(19)8-4-6-12-5-2-3-7-14(12)16/h2-3,5,7,11,13,19H,4,6,8-10H2,1H3,(H,17,18). The van der Waals surface area contributed by atoms with E-state index in [-0.39, 0.29) is 11.8 Å². The summed E-state index contributed by atoms with van der Waals surface area (Å²) in [6.45, 7) is 2.43. The highest BCUT2D eigenvalue weighted by Gasteiger charge is 2.41. The summed E-state index contributed by atoms with van der Waals surface area (Å²) in [7, 11) is 0. The van der Waals surface area contributed by atoms with Crippen molar-refractivity contribution in [1.82, 2.24) is 5.32 Å². The van der Waals surface area contributed by atoms with Crippen molar-refractivity contribution in [3.8, 4) is 0 Å². The van der Waals surface area contributed by atoms with Gasteiger partial charge >= 0.3 is 0 Å². The van der Waals surface area contributed by atoms with E-state index in [1.165, 1.54) is 5.56 Å². The predicted octanol–water partition coefficient (Wildman–Crippen LogP) is 1.98. The van der Waals surface area contributed by atoms with Crippen LogP contribution in [-0.2, 0) is 16.8 Å². The lowest BCUT2D eigenvalue weighted by Gasteiger charge is -2.34. The van der Waals surface area contributed by atoms with Gasteiger partial charge in [-0.25, -0.2) is 0 Å². The van der Waals surface area contributed by atoms with Crippen LogP contribution in [0.25, 0.3) is 0 Å². The van der Waals surface area contributed by atoms with Gasteiger partial charge in [0.15, 0.2) is 0 Å². The summed E-state index contributed by atoms with van der Waals surface area (Å²) in [5.74, 6) is 0.777. The van der Waals surface area contributed by atoms with Crippen LogP contribution in [0.15, 0.2) is 24.3 Å².